The molecular weight excluding hydrogens is 224 g/mol. The van der Waals surface area contributed by atoms with Crippen LogP contribution in [-0.2, 0) is 4.74 Å². The average molecular weight is 249 g/mol. The predicted octanol–water partition coefficient (Wildman–Crippen LogP) is 1.66. The van der Waals surface area contributed by atoms with E-state index in [4.69, 9.17) is 4.74 Å². The Labute approximate surface area is 105 Å². The molecule has 0 saturated carbocycles. The largest absolute Gasteiger partial charge is 0.378 e. The van der Waals surface area contributed by atoms with Crippen LogP contribution in [0.1, 0.15) is 32.1 Å². The van der Waals surface area contributed by atoms with Gasteiger partial charge in [0, 0.05) is 25.7 Å². The van der Waals surface area contributed by atoms with Gasteiger partial charge in [-0.05, 0) is 45.7 Å². The van der Waals surface area contributed by atoms with E-state index in [2.05, 4.69) is 17.3 Å². The maximum absolute atomic E-state index is 5.75. The Morgan fingerprint density at radius 3 is 2.81 bits per heavy atom. The van der Waals surface area contributed by atoms with E-state index in [0.29, 0.717) is 6.10 Å². The van der Waals surface area contributed by atoms with Crippen LogP contribution in [0.15, 0.2) is 0 Å². The topological polar surface area (TPSA) is 24.5 Å². The van der Waals surface area contributed by atoms with Gasteiger partial charge in [0.25, 0.3) is 0 Å². The molecular formula is C12H25ClN2O. The lowest BCUT2D eigenvalue weighted by atomic mass is 10.1. The SMILES string of the molecule is CNC1CCN(CCC2CCCCO2)C1.Cl. The Morgan fingerprint density at radius 1 is 1.31 bits per heavy atom. The van der Waals surface area contributed by atoms with Gasteiger partial charge in [0.2, 0.25) is 0 Å². The molecule has 3 nitrogen and oxygen atoms in total. The molecule has 2 saturated heterocycles. The number of ether oxygens (including phenoxy) is 1. The smallest absolute Gasteiger partial charge is 0.0587 e. The van der Waals surface area contributed by atoms with Crippen LogP contribution in [0.3, 0.4) is 0 Å². The van der Waals surface area contributed by atoms with Crippen molar-refractivity contribution in [3.63, 3.8) is 0 Å². The van der Waals surface area contributed by atoms with Crippen LogP contribution in [0.5, 0.6) is 0 Å². The first-order valence-electron chi connectivity index (χ1n) is 6.39. The quantitative estimate of drug-likeness (QED) is 0.819. The van der Waals surface area contributed by atoms with Crippen LogP contribution < -0.4 is 5.32 Å². The Bertz CT molecular complexity index is 186. The van der Waals surface area contributed by atoms with E-state index in [0.717, 1.165) is 12.6 Å². The Kier molecular flexibility index (Phi) is 6.66. The fourth-order valence-corrected chi connectivity index (χ4v) is 2.63. The molecule has 4 heteroatoms. The van der Waals surface area contributed by atoms with E-state index < -0.39 is 0 Å². The molecule has 0 spiro atoms. The summed E-state index contributed by atoms with van der Waals surface area (Å²) in [6.45, 7) is 4.70. The number of likely N-dealkylation sites (N-methyl/N-ethyl adjacent to an activating group) is 1. The monoisotopic (exact) mass is 248 g/mol. The van der Waals surface area contributed by atoms with Crippen LogP contribution in [0, 0.1) is 0 Å². The van der Waals surface area contributed by atoms with E-state index in [-0.39, 0.29) is 12.4 Å². The summed E-state index contributed by atoms with van der Waals surface area (Å²) >= 11 is 0. The van der Waals surface area contributed by atoms with Crippen molar-refractivity contribution in [1.82, 2.24) is 10.2 Å². The van der Waals surface area contributed by atoms with Crippen molar-refractivity contribution in [1.29, 1.82) is 0 Å². The molecule has 0 amide bonds. The fraction of sp³-hybridized carbons (Fsp3) is 1.00. The van der Waals surface area contributed by atoms with Gasteiger partial charge in [-0.3, -0.25) is 0 Å². The molecule has 0 aromatic rings. The average Bonchev–Trinajstić information content (AvgIpc) is 2.76. The maximum Gasteiger partial charge on any atom is 0.0587 e. The second-order valence-corrected chi connectivity index (χ2v) is 4.85. The lowest BCUT2D eigenvalue weighted by molar-refractivity contribution is 0.00657. The molecule has 0 radical (unpaired) electrons. The van der Waals surface area contributed by atoms with Crippen LogP contribution in [-0.4, -0.2) is 50.3 Å². The van der Waals surface area contributed by atoms with Crippen LogP contribution in [0.25, 0.3) is 0 Å². The van der Waals surface area contributed by atoms with Gasteiger partial charge in [0.1, 0.15) is 0 Å². The number of likely N-dealkylation sites (tertiary alicyclic amines) is 1. The first-order chi connectivity index (χ1) is 7.38. The summed E-state index contributed by atoms with van der Waals surface area (Å²) in [5.74, 6) is 0. The third-order valence-corrected chi connectivity index (χ3v) is 3.72. The molecule has 1 N–H and O–H groups in total. The van der Waals surface area contributed by atoms with E-state index in [1.165, 1.54) is 51.7 Å². The molecule has 96 valence electrons. The van der Waals surface area contributed by atoms with E-state index in [1.807, 2.05) is 0 Å². The highest BCUT2D eigenvalue weighted by Gasteiger charge is 2.22. The first kappa shape index (κ1) is 14.2. The van der Waals surface area contributed by atoms with Crippen molar-refractivity contribution >= 4 is 12.4 Å². The summed E-state index contributed by atoms with van der Waals surface area (Å²) in [5, 5.41) is 3.36. The molecule has 2 heterocycles. The third-order valence-electron chi connectivity index (χ3n) is 3.72. The van der Waals surface area contributed by atoms with Crippen molar-refractivity contribution in [2.45, 2.75) is 44.2 Å². The minimum atomic E-state index is 0. The molecule has 2 unspecified atom stereocenters. The van der Waals surface area contributed by atoms with Gasteiger partial charge in [0.15, 0.2) is 0 Å². The van der Waals surface area contributed by atoms with Crippen LogP contribution in [0.4, 0.5) is 0 Å². The van der Waals surface area contributed by atoms with Crippen molar-refractivity contribution in [3.8, 4) is 0 Å². The molecule has 2 rings (SSSR count). The highest BCUT2D eigenvalue weighted by atomic mass is 35.5. The second kappa shape index (κ2) is 7.49. The highest BCUT2D eigenvalue weighted by Crippen LogP contribution is 2.17. The molecule has 2 fully saturated rings. The molecule has 0 aromatic heterocycles. The molecule has 2 atom stereocenters. The molecule has 2 aliphatic heterocycles. The second-order valence-electron chi connectivity index (χ2n) is 4.85. The highest BCUT2D eigenvalue weighted by molar-refractivity contribution is 5.85. The summed E-state index contributed by atoms with van der Waals surface area (Å²) in [4.78, 5) is 2.57. The van der Waals surface area contributed by atoms with Gasteiger partial charge in [0.05, 0.1) is 6.10 Å². The van der Waals surface area contributed by atoms with Gasteiger partial charge in [-0.1, -0.05) is 0 Å². The third kappa shape index (κ3) is 4.21. The summed E-state index contributed by atoms with van der Waals surface area (Å²) in [6.07, 6.45) is 7.00. The van der Waals surface area contributed by atoms with Gasteiger partial charge in [-0.2, -0.15) is 0 Å². The molecule has 0 bridgehead atoms. The van der Waals surface area contributed by atoms with E-state index in [9.17, 15) is 0 Å². The van der Waals surface area contributed by atoms with Crippen molar-refractivity contribution < 1.29 is 4.74 Å². The first-order valence-corrected chi connectivity index (χ1v) is 6.39. The number of hydrogen-bond donors (Lipinski definition) is 1. The van der Waals surface area contributed by atoms with Gasteiger partial charge >= 0.3 is 0 Å². The Hall–Kier alpha value is 0.170. The summed E-state index contributed by atoms with van der Waals surface area (Å²) in [6, 6.07) is 0.720. The Morgan fingerprint density at radius 2 is 2.19 bits per heavy atom. The minimum Gasteiger partial charge on any atom is -0.378 e. The molecule has 2 aliphatic rings. The van der Waals surface area contributed by atoms with Crippen LogP contribution in [0.2, 0.25) is 0 Å². The zero-order valence-electron chi connectivity index (χ0n) is 10.3. The lowest BCUT2D eigenvalue weighted by Crippen LogP contribution is -2.32. The normalized spacial score (nSPS) is 31.3. The van der Waals surface area contributed by atoms with Gasteiger partial charge in [-0.25, -0.2) is 0 Å². The number of nitrogens with one attached hydrogen (secondary N) is 1. The minimum absolute atomic E-state index is 0. The number of halogens is 1. The van der Waals surface area contributed by atoms with Crippen molar-refractivity contribution in [3.05, 3.63) is 0 Å². The number of nitrogens with zero attached hydrogens (tertiary/aromatic N) is 1. The lowest BCUT2D eigenvalue weighted by Gasteiger charge is -2.25. The summed E-state index contributed by atoms with van der Waals surface area (Å²) < 4.78 is 5.75. The van der Waals surface area contributed by atoms with Crippen molar-refractivity contribution in [2.75, 3.05) is 33.3 Å². The standard InChI is InChI=1S/C12H24N2O.ClH/c1-13-11-5-7-14(10-11)8-6-12-4-2-3-9-15-12;/h11-13H,2-10H2,1H3;1H. The number of rotatable bonds is 4. The maximum atomic E-state index is 5.75. The van der Waals surface area contributed by atoms with Gasteiger partial charge < -0.3 is 15.0 Å². The molecule has 0 aromatic carbocycles. The molecule has 16 heavy (non-hydrogen) atoms. The zero-order valence-corrected chi connectivity index (χ0v) is 11.1. The van der Waals surface area contributed by atoms with Gasteiger partial charge in [-0.15, -0.1) is 12.4 Å². The fourth-order valence-electron chi connectivity index (χ4n) is 2.63. The van der Waals surface area contributed by atoms with Crippen LogP contribution >= 0.6 is 12.4 Å². The van der Waals surface area contributed by atoms with Crippen molar-refractivity contribution in [2.24, 2.45) is 0 Å². The zero-order chi connectivity index (χ0) is 10.5. The predicted molar refractivity (Wildman–Crippen MR) is 69.4 cm³/mol. The van der Waals surface area contributed by atoms with E-state index in [1.54, 1.807) is 0 Å². The summed E-state index contributed by atoms with van der Waals surface area (Å²) in [7, 11) is 2.07. The summed E-state index contributed by atoms with van der Waals surface area (Å²) in [5.41, 5.74) is 0. The molecule has 0 aliphatic carbocycles. The van der Waals surface area contributed by atoms with E-state index >= 15 is 0 Å². The number of hydrogen-bond acceptors (Lipinski definition) is 3. The Balaban J connectivity index is 0.00000128.